The topological polar surface area (TPSA) is 0 Å². The van der Waals surface area contributed by atoms with E-state index in [2.05, 4.69) is 46.1 Å². The second-order valence-electron chi connectivity index (χ2n) is 3.89. The third-order valence-electron chi connectivity index (χ3n) is 2.93. The van der Waals surface area contributed by atoms with E-state index >= 15 is 0 Å². The van der Waals surface area contributed by atoms with Crippen molar-refractivity contribution in [2.45, 2.75) is 40.0 Å². The minimum Gasteiger partial charge on any atom is -1.00 e. The first-order valence-corrected chi connectivity index (χ1v) is 6.76. The Morgan fingerprint density at radius 2 is 1.52 bits per heavy atom. The van der Waals surface area contributed by atoms with Gasteiger partial charge in [-0.15, -0.1) is 13.2 Å². The summed E-state index contributed by atoms with van der Waals surface area (Å²) in [6, 6.07) is 14.6. The molecule has 0 saturated heterocycles. The van der Waals surface area contributed by atoms with Crippen molar-refractivity contribution in [1.29, 1.82) is 0 Å². The number of rotatable bonds is 3. The number of hydrogen-bond acceptors (Lipinski definition) is 0. The molecule has 0 amide bonds. The van der Waals surface area contributed by atoms with Crippen LogP contribution in [0.4, 0.5) is 0 Å². The van der Waals surface area contributed by atoms with Crippen LogP contribution in [0.2, 0.25) is 0 Å². The predicted octanol–water partition coefficient (Wildman–Crippen LogP) is -0.694. The van der Waals surface area contributed by atoms with Gasteiger partial charge in [0.1, 0.15) is 0 Å². The molecular weight excluding hydrogens is 378 g/mol. The van der Waals surface area contributed by atoms with E-state index in [1.807, 2.05) is 30.3 Å². The molecule has 2 rings (SSSR count). The zero-order valence-corrected chi connectivity index (χ0v) is 17.3. The van der Waals surface area contributed by atoms with Crippen molar-refractivity contribution in [2.24, 2.45) is 0 Å². The van der Waals surface area contributed by atoms with E-state index in [1.165, 1.54) is 19.3 Å². The minimum atomic E-state index is 0. The van der Waals surface area contributed by atoms with Crippen molar-refractivity contribution in [3.8, 4) is 0 Å². The van der Waals surface area contributed by atoms with Gasteiger partial charge in [0.05, 0.1) is 0 Å². The van der Waals surface area contributed by atoms with Crippen LogP contribution in [0.25, 0.3) is 0 Å². The fraction of sp³-hybridized carbons (Fsp3) is 0.333. The maximum Gasteiger partial charge on any atom is 4.00 e. The smallest absolute Gasteiger partial charge is 1.00 e. The molecule has 0 aliphatic heterocycles. The summed E-state index contributed by atoms with van der Waals surface area (Å²) in [5.41, 5.74) is 4.68. The van der Waals surface area contributed by atoms with Gasteiger partial charge in [-0.2, -0.15) is 41.0 Å². The van der Waals surface area contributed by atoms with E-state index in [1.54, 1.807) is 16.7 Å². The fourth-order valence-corrected chi connectivity index (χ4v) is 2.05. The van der Waals surface area contributed by atoms with E-state index in [0.29, 0.717) is 0 Å². The van der Waals surface area contributed by atoms with Crippen LogP contribution >= 0.6 is 0 Å². The Kier molecular flexibility index (Phi) is 27.5. The van der Waals surface area contributed by atoms with E-state index < -0.39 is 0 Å². The van der Waals surface area contributed by atoms with E-state index in [-0.39, 0.29) is 51.0 Å². The summed E-state index contributed by atoms with van der Waals surface area (Å²) in [5.74, 6) is 0. The van der Waals surface area contributed by atoms with Crippen LogP contribution in [-0.4, -0.2) is 0 Å². The molecule has 3 heteroatoms. The Morgan fingerprint density at radius 1 is 1.00 bits per heavy atom. The number of halogens is 2. The molecule has 2 aromatic carbocycles. The van der Waals surface area contributed by atoms with Crippen LogP contribution < -0.4 is 24.8 Å². The van der Waals surface area contributed by atoms with Gasteiger partial charge in [0.25, 0.3) is 0 Å². The predicted molar refractivity (Wildman–Crippen MR) is 83.5 cm³/mol. The van der Waals surface area contributed by atoms with E-state index in [4.69, 9.17) is 0 Å². The molecule has 0 radical (unpaired) electrons. The van der Waals surface area contributed by atoms with Gasteiger partial charge < -0.3 is 24.8 Å². The first kappa shape index (κ1) is 29.0. The molecule has 116 valence electrons. The van der Waals surface area contributed by atoms with Crippen molar-refractivity contribution in [3.63, 3.8) is 0 Å². The molecule has 0 N–H and O–H groups in total. The van der Waals surface area contributed by atoms with Gasteiger partial charge in [-0.05, 0) is 0 Å². The quantitative estimate of drug-likeness (QED) is 0.469. The molecule has 0 spiro atoms. The molecular formula is C18H26Cl2Zr. The average Bonchev–Trinajstić information content (AvgIpc) is 3.12. The van der Waals surface area contributed by atoms with Crippen molar-refractivity contribution in [2.75, 3.05) is 0 Å². The number of hydrogen-bond donors (Lipinski definition) is 0. The van der Waals surface area contributed by atoms with Gasteiger partial charge >= 0.3 is 26.2 Å². The van der Waals surface area contributed by atoms with Gasteiger partial charge in [0.15, 0.2) is 0 Å². The second-order valence-corrected chi connectivity index (χ2v) is 3.89. The maximum absolute atomic E-state index is 3.00. The Labute approximate surface area is 162 Å². The zero-order chi connectivity index (χ0) is 13.8. The molecule has 0 bridgehead atoms. The van der Waals surface area contributed by atoms with E-state index in [0.717, 1.165) is 0 Å². The second kappa shape index (κ2) is 19.9. The Bertz CT molecular complexity index is 353. The molecule has 0 aliphatic rings. The molecule has 0 nitrogen and oxygen atoms in total. The van der Waals surface area contributed by atoms with Gasteiger partial charge in [0, 0.05) is 0 Å². The third-order valence-corrected chi connectivity index (χ3v) is 2.93. The molecule has 0 unspecified atom stereocenters. The van der Waals surface area contributed by atoms with Crippen LogP contribution in [0.3, 0.4) is 0 Å². The fourth-order valence-electron chi connectivity index (χ4n) is 2.05. The molecule has 2 aromatic rings. The standard InChI is InChI=1S/C11H17.C5H5.C2H4.2ClH.Zr/c1-4-9-7-8-10(5-2)11(9)6-3;1-2-4-5-3-1;1-2;;;/h7-8H,4-6H2,1-3H3;1-5H;1-2H2;2*1H;/q2*-1;;;;+4/p-2. The molecule has 0 atom stereocenters. The Morgan fingerprint density at radius 3 is 1.81 bits per heavy atom. The van der Waals surface area contributed by atoms with E-state index in [9.17, 15) is 0 Å². The van der Waals surface area contributed by atoms with Crippen molar-refractivity contribution < 1.29 is 51.0 Å². The van der Waals surface area contributed by atoms with Crippen LogP contribution in [0.15, 0.2) is 55.6 Å². The molecule has 0 aliphatic carbocycles. The molecule has 0 heterocycles. The molecule has 21 heavy (non-hydrogen) atoms. The monoisotopic (exact) mass is 402 g/mol. The zero-order valence-electron chi connectivity index (χ0n) is 13.3. The van der Waals surface area contributed by atoms with Crippen molar-refractivity contribution >= 4 is 0 Å². The summed E-state index contributed by atoms with van der Waals surface area (Å²) in [5, 5.41) is 0. The van der Waals surface area contributed by atoms with Crippen LogP contribution in [-0.2, 0) is 45.5 Å². The van der Waals surface area contributed by atoms with Crippen LogP contribution in [0, 0.1) is 0 Å². The van der Waals surface area contributed by atoms with Gasteiger partial charge in [-0.1, -0.05) is 40.0 Å². The minimum absolute atomic E-state index is 0. The van der Waals surface area contributed by atoms with Crippen molar-refractivity contribution in [1.82, 2.24) is 0 Å². The largest absolute Gasteiger partial charge is 4.00 e. The van der Waals surface area contributed by atoms with Gasteiger partial charge in [0.2, 0.25) is 0 Å². The average molecular weight is 405 g/mol. The third kappa shape index (κ3) is 11.2. The van der Waals surface area contributed by atoms with Crippen molar-refractivity contribution in [3.05, 3.63) is 72.3 Å². The summed E-state index contributed by atoms with van der Waals surface area (Å²) in [6.07, 6.45) is 3.56. The first-order valence-electron chi connectivity index (χ1n) is 6.76. The van der Waals surface area contributed by atoms with Gasteiger partial charge in [-0.3, -0.25) is 0 Å². The summed E-state index contributed by atoms with van der Waals surface area (Å²) in [4.78, 5) is 0. The summed E-state index contributed by atoms with van der Waals surface area (Å²) < 4.78 is 0. The summed E-state index contributed by atoms with van der Waals surface area (Å²) in [6.45, 7) is 12.7. The molecule has 0 aromatic heterocycles. The first-order chi connectivity index (χ1) is 8.83. The maximum atomic E-state index is 3.00. The Balaban J connectivity index is -0.000000125. The van der Waals surface area contributed by atoms with Gasteiger partial charge in [-0.25, -0.2) is 18.2 Å². The summed E-state index contributed by atoms with van der Waals surface area (Å²) in [7, 11) is 0. The normalized spacial score (nSPS) is 7.57. The number of aryl methyl sites for hydroxylation is 2. The Hall–Kier alpha value is -0.0969. The molecule has 0 fully saturated rings. The summed E-state index contributed by atoms with van der Waals surface area (Å²) >= 11 is 0. The molecule has 0 saturated carbocycles. The van der Waals surface area contributed by atoms with Crippen LogP contribution in [0.1, 0.15) is 37.5 Å². The van der Waals surface area contributed by atoms with Crippen LogP contribution in [0.5, 0.6) is 0 Å². The SMILES string of the molecule is C=C.CCc1cc[c-](CC)c1CC.[Cl-].[Cl-].[Zr+4].c1cc[cH-]c1.